The van der Waals surface area contributed by atoms with Gasteiger partial charge in [0, 0.05) is 11.6 Å². The first kappa shape index (κ1) is 17.9. The predicted octanol–water partition coefficient (Wildman–Crippen LogP) is 3.64. The molecule has 0 saturated heterocycles. The van der Waals surface area contributed by atoms with Crippen LogP contribution < -0.4 is 5.32 Å². The molecule has 3 atom stereocenters. The third kappa shape index (κ3) is 6.11. The van der Waals surface area contributed by atoms with Gasteiger partial charge in [-0.05, 0) is 32.6 Å². The van der Waals surface area contributed by atoms with Crippen LogP contribution in [0.25, 0.3) is 0 Å². The van der Waals surface area contributed by atoms with Gasteiger partial charge in [0.2, 0.25) is 0 Å². The minimum atomic E-state index is -0.110. The first-order valence-electron chi connectivity index (χ1n) is 8.55. The predicted molar refractivity (Wildman–Crippen MR) is 85.0 cm³/mol. The smallest absolute Gasteiger partial charge is 0.0614 e. The van der Waals surface area contributed by atoms with Crippen LogP contribution in [0.15, 0.2) is 0 Å². The van der Waals surface area contributed by atoms with Gasteiger partial charge in [0.15, 0.2) is 0 Å². The highest BCUT2D eigenvalue weighted by Crippen LogP contribution is 2.33. The van der Waals surface area contributed by atoms with E-state index in [-0.39, 0.29) is 12.1 Å². The lowest BCUT2D eigenvalue weighted by molar-refractivity contribution is -0.00976. The summed E-state index contributed by atoms with van der Waals surface area (Å²) in [6.07, 6.45) is 10.1. The molecule has 0 radical (unpaired) electrons. The zero-order valence-electron chi connectivity index (χ0n) is 14.0. The summed E-state index contributed by atoms with van der Waals surface area (Å²) in [6, 6.07) is 0.410. The molecule has 2 N–H and O–H groups in total. The van der Waals surface area contributed by atoms with Crippen LogP contribution in [-0.4, -0.2) is 35.5 Å². The molecule has 0 heterocycles. The fourth-order valence-corrected chi connectivity index (χ4v) is 3.38. The first-order chi connectivity index (χ1) is 9.51. The van der Waals surface area contributed by atoms with Crippen molar-refractivity contribution in [2.45, 2.75) is 103 Å². The highest BCUT2D eigenvalue weighted by Gasteiger charge is 2.39. The van der Waals surface area contributed by atoms with Gasteiger partial charge < -0.3 is 15.2 Å². The molecule has 0 aromatic carbocycles. The molecule has 0 spiro atoms. The van der Waals surface area contributed by atoms with Gasteiger partial charge in [-0.15, -0.1) is 0 Å². The molecule has 1 fully saturated rings. The van der Waals surface area contributed by atoms with Gasteiger partial charge in [-0.2, -0.15) is 0 Å². The molecule has 0 amide bonds. The first-order valence-corrected chi connectivity index (χ1v) is 8.55. The maximum atomic E-state index is 9.70. The van der Waals surface area contributed by atoms with Gasteiger partial charge in [-0.25, -0.2) is 0 Å². The van der Waals surface area contributed by atoms with E-state index >= 15 is 0 Å². The van der Waals surface area contributed by atoms with Crippen LogP contribution >= 0.6 is 0 Å². The average Bonchev–Trinajstić information content (AvgIpc) is 2.77. The van der Waals surface area contributed by atoms with E-state index in [1.165, 1.54) is 32.1 Å². The molecule has 0 aliphatic heterocycles. The van der Waals surface area contributed by atoms with Crippen molar-refractivity contribution in [3.05, 3.63) is 0 Å². The van der Waals surface area contributed by atoms with E-state index in [0.29, 0.717) is 18.2 Å². The summed E-state index contributed by atoms with van der Waals surface area (Å²) in [5.41, 5.74) is -0.110. The van der Waals surface area contributed by atoms with Crippen molar-refractivity contribution in [2.24, 2.45) is 0 Å². The van der Waals surface area contributed by atoms with E-state index < -0.39 is 0 Å². The number of aliphatic hydroxyl groups is 1. The number of aliphatic hydroxyl groups excluding tert-OH is 1. The molecule has 0 aromatic heterocycles. The zero-order valence-corrected chi connectivity index (χ0v) is 14.0. The maximum absolute atomic E-state index is 9.70. The Balaban J connectivity index is 2.28. The third-order valence-corrected chi connectivity index (χ3v) is 4.35. The molecule has 1 saturated carbocycles. The maximum Gasteiger partial charge on any atom is 0.0614 e. The molecule has 3 nitrogen and oxygen atoms in total. The van der Waals surface area contributed by atoms with Gasteiger partial charge in [-0.1, -0.05) is 46.5 Å². The average molecular weight is 285 g/mol. The Morgan fingerprint density at radius 3 is 2.60 bits per heavy atom. The van der Waals surface area contributed by atoms with Crippen molar-refractivity contribution in [1.29, 1.82) is 0 Å². The van der Waals surface area contributed by atoms with Gasteiger partial charge in [-0.3, -0.25) is 0 Å². The normalized spacial score (nSPS) is 28.2. The number of hydrogen-bond donors (Lipinski definition) is 2. The van der Waals surface area contributed by atoms with E-state index in [1.54, 1.807) is 0 Å². The van der Waals surface area contributed by atoms with Gasteiger partial charge >= 0.3 is 0 Å². The summed E-state index contributed by atoms with van der Waals surface area (Å²) in [5, 5.41) is 13.2. The molecule has 3 heteroatoms. The van der Waals surface area contributed by atoms with Crippen LogP contribution in [0, 0.1) is 0 Å². The van der Waals surface area contributed by atoms with Gasteiger partial charge in [0.1, 0.15) is 0 Å². The summed E-state index contributed by atoms with van der Waals surface area (Å²) in [5.74, 6) is 0. The van der Waals surface area contributed by atoms with Crippen LogP contribution in [0.2, 0.25) is 0 Å². The van der Waals surface area contributed by atoms with E-state index in [4.69, 9.17) is 4.74 Å². The molecule has 1 aliphatic carbocycles. The van der Waals surface area contributed by atoms with Crippen LogP contribution in [0.4, 0.5) is 0 Å². The molecule has 20 heavy (non-hydrogen) atoms. The summed E-state index contributed by atoms with van der Waals surface area (Å²) in [7, 11) is 0. The Labute approximate surface area is 125 Å². The Bertz CT molecular complexity index is 257. The lowest BCUT2D eigenvalue weighted by Crippen LogP contribution is -2.50. The number of rotatable bonds is 10. The Morgan fingerprint density at radius 2 is 2.00 bits per heavy atom. The number of nitrogens with one attached hydrogen (secondary N) is 1. The van der Waals surface area contributed by atoms with Crippen LogP contribution in [-0.2, 0) is 4.74 Å². The Kier molecular flexibility index (Phi) is 8.08. The van der Waals surface area contributed by atoms with Crippen LogP contribution in [0.1, 0.15) is 79.1 Å². The second-order valence-corrected chi connectivity index (χ2v) is 6.90. The molecule has 0 aromatic rings. The zero-order chi connectivity index (χ0) is 15.0. The SMILES string of the molecule is CCCCCCC(C)OC1CCC(CO)(NC(C)C)C1. The van der Waals surface area contributed by atoms with Crippen molar-refractivity contribution >= 4 is 0 Å². The van der Waals surface area contributed by atoms with Crippen molar-refractivity contribution in [2.75, 3.05) is 6.61 Å². The van der Waals surface area contributed by atoms with Crippen LogP contribution in [0.5, 0.6) is 0 Å². The third-order valence-electron chi connectivity index (χ3n) is 4.35. The van der Waals surface area contributed by atoms with E-state index in [1.807, 2.05) is 0 Å². The fourth-order valence-electron chi connectivity index (χ4n) is 3.38. The molecule has 1 aliphatic rings. The molecule has 1 rings (SSSR count). The standard InChI is InChI=1S/C17H35NO2/c1-5-6-7-8-9-15(4)20-16-10-11-17(12-16,13-19)18-14(2)3/h14-16,18-19H,5-13H2,1-4H3. The Hall–Kier alpha value is -0.120. The Morgan fingerprint density at radius 1 is 1.25 bits per heavy atom. The molecular weight excluding hydrogens is 250 g/mol. The van der Waals surface area contributed by atoms with E-state index in [0.717, 1.165) is 19.3 Å². The lowest BCUT2D eigenvalue weighted by Gasteiger charge is -2.31. The van der Waals surface area contributed by atoms with E-state index in [2.05, 4.69) is 33.0 Å². The summed E-state index contributed by atoms with van der Waals surface area (Å²) in [4.78, 5) is 0. The molecule has 120 valence electrons. The number of ether oxygens (including phenoxy) is 1. The summed E-state index contributed by atoms with van der Waals surface area (Å²) >= 11 is 0. The van der Waals surface area contributed by atoms with Crippen LogP contribution in [0.3, 0.4) is 0 Å². The van der Waals surface area contributed by atoms with Gasteiger partial charge in [0.05, 0.1) is 18.8 Å². The number of unbranched alkanes of at least 4 members (excludes halogenated alkanes) is 3. The lowest BCUT2D eigenvalue weighted by atomic mass is 9.97. The summed E-state index contributed by atoms with van der Waals surface area (Å²) in [6.45, 7) is 8.94. The minimum Gasteiger partial charge on any atom is -0.394 e. The monoisotopic (exact) mass is 285 g/mol. The molecule has 3 unspecified atom stereocenters. The fraction of sp³-hybridized carbons (Fsp3) is 1.00. The highest BCUT2D eigenvalue weighted by molar-refractivity contribution is 4.97. The molecule has 0 bridgehead atoms. The topological polar surface area (TPSA) is 41.5 Å². The second-order valence-electron chi connectivity index (χ2n) is 6.90. The quantitative estimate of drug-likeness (QED) is 0.602. The van der Waals surface area contributed by atoms with Crippen molar-refractivity contribution in [1.82, 2.24) is 5.32 Å². The minimum absolute atomic E-state index is 0.110. The largest absolute Gasteiger partial charge is 0.394 e. The van der Waals surface area contributed by atoms with Crippen molar-refractivity contribution in [3.63, 3.8) is 0 Å². The highest BCUT2D eigenvalue weighted by atomic mass is 16.5. The van der Waals surface area contributed by atoms with E-state index in [9.17, 15) is 5.11 Å². The van der Waals surface area contributed by atoms with Crippen molar-refractivity contribution < 1.29 is 9.84 Å². The van der Waals surface area contributed by atoms with Crippen molar-refractivity contribution in [3.8, 4) is 0 Å². The van der Waals surface area contributed by atoms with Gasteiger partial charge in [0.25, 0.3) is 0 Å². The number of hydrogen-bond acceptors (Lipinski definition) is 3. The summed E-state index contributed by atoms with van der Waals surface area (Å²) < 4.78 is 6.18. The molecular formula is C17H35NO2. The second kappa shape index (κ2) is 9.01.